The molecule has 1 unspecified atom stereocenters. The zero-order valence-corrected chi connectivity index (χ0v) is 9.94. The van der Waals surface area contributed by atoms with Gasteiger partial charge in [-0.2, -0.15) is 0 Å². The highest BCUT2D eigenvalue weighted by atomic mass is 19.1. The minimum atomic E-state index is -0.229. The van der Waals surface area contributed by atoms with Crippen molar-refractivity contribution in [3.8, 4) is 0 Å². The van der Waals surface area contributed by atoms with E-state index in [0.29, 0.717) is 5.92 Å². The number of ether oxygens (including phenoxy) is 1. The van der Waals surface area contributed by atoms with Crippen LogP contribution >= 0.6 is 0 Å². The maximum atomic E-state index is 13.1. The molecule has 1 saturated heterocycles. The van der Waals surface area contributed by atoms with E-state index >= 15 is 0 Å². The molecule has 1 aliphatic heterocycles. The van der Waals surface area contributed by atoms with Gasteiger partial charge in [0.1, 0.15) is 5.82 Å². The first kappa shape index (κ1) is 12.5. The Bertz CT molecular complexity index is 348. The molecular weight excluding hydrogens is 219 g/mol. The zero-order valence-electron chi connectivity index (χ0n) is 9.94. The summed E-state index contributed by atoms with van der Waals surface area (Å²) in [6.45, 7) is 1.71. The molecule has 0 amide bonds. The molecule has 1 aromatic rings. The molecule has 0 aromatic heterocycles. The van der Waals surface area contributed by atoms with Crippen LogP contribution in [0, 0.1) is 11.7 Å². The highest BCUT2D eigenvalue weighted by molar-refractivity contribution is 5.20. The van der Waals surface area contributed by atoms with E-state index in [4.69, 9.17) is 4.74 Å². The first-order valence-corrected chi connectivity index (χ1v) is 6.23. The van der Waals surface area contributed by atoms with Crippen molar-refractivity contribution >= 4 is 0 Å². The molecule has 2 nitrogen and oxygen atoms in total. The van der Waals surface area contributed by atoms with Crippen molar-refractivity contribution in [3.05, 3.63) is 35.6 Å². The lowest BCUT2D eigenvalue weighted by Gasteiger charge is -2.26. The van der Waals surface area contributed by atoms with Gasteiger partial charge in [-0.25, -0.2) is 4.39 Å². The molecule has 1 N–H and O–H groups in total. The normalized spacial score (nSPS) is 19.2. The van der Waals surface area contributed by atoms with Gasteiger partial charge in [-0.05, 0) is 42.9 Å². The van der Waals surface area contributed by atoms with Gasteiger partial charge in [0, 0.05) is 25.7 Å². The summed E-state index contributed by atoms with van der Waals surface area (Å²) in [6, 6.07) is 6.56. The smallest absolute Gasteiger partial charge is 0.123 e. The van der Waals surface area contributed by atoms with Crippen LogP contribution in [0.4, 0.5) is 4.39 Å². The van der Waals surface area contributed by atoms with Crippen molar-refractivity contribution in [1.82, 2.24) is 0 Å². The summed E-state index contributed by atoms with van der Waals surface area (Å²) in [5.41, 5.74) is 0.902. The van der Waals surface area contributed by atoms with Crippen molar-refractivity contribution in [3.63, 3.8) is 0 Å². The van der Waals surface area contributed by atoms with Gasteiger partial charge in [0.15, 0.2) is 0 Å². The Kier molecular flexibility index (Phi) is 4.51. The van der Waals surface area contributed by atoms with Crippen LogP contribution in [0.5, 0.6) is 0 Å². The number of hydrogen-bond donors (Lipinski definition) is 1. The monoisotopic (exact) mass is 238 g/mol. The van der Waals surface area contributed by atoms with Gasteiger partial charge in [-0.15, -0.1) is 0 Å². The third kappa shape index (κ3) is 3.51. The van der Waals surface area contributed by atoms with Crippen LogP contribution in [0.1, 0.15) is 30.7 Å². The topological polar surface area (TPSA) is 29.5 Å². The summed E-state index contributed by atoms with van der Waals surface area (Å²) in [5, 5.41) is 9.45. The van der Waals surface area contributed by atoms with E-state index < -0.39 is 0 Å². The predicted molar refractivity (Wildman–Crippen MR) is 64.4 cm³/mol. The average molecular weight is 238 g/mol. The molecule has 0 radical (unpaired) electrons. The van der Waals surface area contributed by atoms with Gasteiger partial charge in [-0.3, -0.25) is 0 Å². The Balaban J connectivity index is 2.00. The summed E-state index contributed by atoms with van der Waals surface area (Å²) >= 11 is 0. The van der Waals surface area contributed by atoms with E-state index in [-0.39, 0.29) is 18.3 Å². The zero-order chi connectivity index (χ0) is 12.1. The second kappa shape index (κ2) is 6.12. The Morgan fingerprint density at radius 3 is 2.76 bits per heavy atom. The molecular formula is C14H19FO2. The quantitative estimate of drug-likeness (QED) is 0.874. The third-order valence-corrected chi connectivity index (χ3v) is 3.50. The first-order valence-electron chi connectivity index (χ1n) is 6.23. The highest BCUT2D eigenvalue weighted by Gasteiger charge is 2.20. The molecule has 3 heteroatoms. The molecule has 1 aromatic carbocycles. The van der Waals surface area contributed by atoms with Crippen molar-refractivity contribution in [1.29, 1.82) is 0 Å². The molecule has 1 atom stereocenters. The van der Waals surface area contributed by atoms with Gasteiger partial charge < -0.3 is 9.84 Å². The number of aliphatic hydroxyl groups excluding tert-OH is 1. The summed E-state index contributed by atoms with van der Waals surface area (Å²) in [5.74, 6) is 0.408. The fraction of sp³-hybridized carbons (Fsp3) is 0.571. The van der Waals surface area contributed by atoms with E-state index in [1.54, 1.807) is 6.07 Å². The minimum Gasteiger partial charge on any atom is -0.396 e. The van der Waals surface area contributed by atoms with Crippen LogP contribution in [-0.2, 0) is 4.74 Å². The number of halogens is 1. The maximum Gasteiger partial charge on any atom is 0.123 e. The van der Waals surface area contributed by atoms with Crippen molar-refractivity contribution in [2.24, 2.45) is 5.92 Å². The lowest BCUT2D eigenvalue weighted by molar-refractivity contribution is 0.0591. The fourth-order valence-electron chi connectivity index (χ4n) is 2.46. The fourth-order valence-corrected chi connectivity index (χ4v) is 2.46. The van der Waals surface area contributed by atoms with Gasteiger partial charge >= 0.3 is 0 Å². The number of hydrogen-bond acceptors (Lipinski definition) is 2. The SMILES string of the molecule is OCC(CC1CCOCC1)c1cccc(F)c1. The Morgan fingerprint density at radius 1 is 1.35 bits per heavy atom. The highest BCUT2D eigenvalue weighted by Crippen LogP contribution is 2.29. The molecule has 17 heavy (non-hydrogen) atoms. The van der Waals surface area contributed by atoms with Crippen molar-refractivity contribution < 1.29 is 14.2 Å². The van der Waals surface area contributed by atoms with Crippen LogP contribution in [0.25, 0.3) is 0 Å². The lowest BCUT2D eigenvalue weighted by Crippen LogP contribution is -2.19. The molecule has 0 aliphatic carbocycles. The largest absolute Gasteiger partial charge is 0.396 e. The van der Waals surface area contributed by atoms with Crippen LogP contribution < -0.4 is 0 Å². The number of aliphatic hydroxyl groups is 1. The second-order valence-electron chi connectivity index (χ2n) is 4.73. The molecule has 94 valence electrons. The average Bonchev–Trinajstić information content (AvgIpc) is 2.37. The van der Waals surface area contributed by atoms with Gasteiger partial charge in [0.05, 0.1) is 0 Å². The van der Waals surface area contributed by atoms with Crippen LogP contribution in [0.15, 0.2) is 24.3 Å². The van der Waals surface area contributed by atoms with E-state index in [2.05, 4.69) is 0 Å². The second-order valence-corrected chi connectivity index (χ2v) is 4.73. The lowest BCUT2D eigenvalue weighted by atomic mass is 9.85. The summed E-state index contributed by atoms with van der Waals surface area (Å²) in [7, 11) is 0. The summed E-state index contributed by atoms with van der Waals surface area (Å²) in [6.07, 6.45) is 3.01. The van der Waals surface area contributed by atoms with Crippen molar-refractivity contribution in [2.75, 3.05) is 19.8 Å². The molecule has 0 saturated carbocycles. The van der Waals surface area contributed by atoms with Gasteiger partial charge in [0.2, 0.25) is 0 Å². The first-order chi connectivity index (χ1) is 8.29. The summed E-state index contributed by atoms with van der Waals surface area (Å²) < 4.78 is 18.5. The van der Waals surface area contributed by atoms with Crippen LogP contribution in [0.2, 0.25) is 0 Å². The van der Waals surface area contributed by atoms with Crippen LogP contribution in [-0.4, -0.2) is 24.9 Å². The molecule has 1 aliphatic rings. The maximum absolute atomic E-state index is 13.1. The van der Waals surface area contributed by atoms with E-state index in [1.165, 1.54) is 12.1 Å². The van der Waals surface area contributed by atoms with Crippen LogP contribution in [0.3, 0.4) is 0 Å². The molecule has 0 spiro atoms. The van der Waals surface area contributed by atoms with Gasteiger partial charge in [-0.1, -0.05) is 12.1 Å². The molecule has 1 fully saturated rings. The molecule has 2 rings (SSSR count). The molecule has 0 bridgehead atoms. The molecule has 1 heterocycles. The van der Waals surface area contributed by atoms with E-state index in [0.717, 1.165) is 38.0 Å². The van der Waals surface area contributed by atoms with Crippen molar-refractivity contribution in [2.45, 2.75) is 25.2 Å². The van der Waals surface area contributed by atoms with E-state index in [1.807, 2.05) is 6.07 Å². The Hall–Kier alpha value is -0.930. The Morgan fingerprint density at radius 2 is 2.12 bits per heavy atom. The standard InChI is InChI=1S/C14H19FO2/c15-14-3-1-2-12(9-14)13(10-16)8-11-4-6-17-7-5-11/h1-3,9,11,13,16H,4-8,10H2. The number of rotatable bonds is 4. The van der Waals surface area contributed by atoms with E-state index in [9.17, 15) is 9.50 Å². The van der Waals surface area contributed by atoms with Gasteiger partial charge in [0.25, 0.3) is 0 Å². The number of benzene rings is 1. The third-order valence-electron chi connectivity index (χ3n) is 3.50. The summed E-state index contributed by atoms with van der Waals surface area (Å²) in [4.78, 5) is 0. The Labute approximate surface area is 101 Å². The minimum absolute atomic E-state index is 0.0498. The predicted octanol–water partition coefficient (Wildman–Crippen LogP) is 2.72.